The maximum Gasteiger partial charge on any atom is 0.251 e. The van der Waals surface area contributed by atoms with Gasteiger partial charge in [0, 0.05) is 5.56 Å². The van der Waals surface area contributed by atoms with Gasteiger partial charge in [0.05, 0.1) is 12.7 Å². The summed E-state index contributed by atoms with van der Waals surface area (Å²) in [6.45, 7) is 2.12. The first-order valence-corrected chi connectivity index (χ1v) is 5.00. The highest BCUT2D eigenvalue weighted by Crippen LogP contribution is 2.02. The molecular formula is C12H12N2O2. The Morgan fingerprint density at radius 1 is 1.38 bits per heavy atom. The summed E-state index contributed by atoms with van der Waals surface area (Å²) >= 11 is 0. The molecule has 4 heteroatoms. The predicted molar refractivity (Wildman–Crippen MR) is 58.9 cm³/mol. The topological polar surface area (TPSA) is 55.1 Å². The first kappa shape index (κ1) is 10.4. The number of hydrogen-bond donors (Lipinski definition) is 1. The lowest BCUT2D eigenvalue weighted by Crippen LogP contribution is -2.22. The van der Waals surface area contributed by atoms with Crippen LogP contribution in [0, 0.1) is 6.92 Å². The second-order valence-corrected chi connectivity index (χ2v) is 3.41. The molecule has 0 radical (unpaired) electrons. The van der Waals surface area contributed by atoms with Gasteiger partial charge in [-0.05, 0) is 19.1 Å². The number of oxazole rings is 1. The van der Waals surface area contributed by atoms with Crippen molar-refractivity contribution in [2.45, 2.75) is 13.5 Å². The summed E-state index contributed by atoms with van der Waals surface area (Å²) in [4.78, 5) is 15.6. The second-order valence-electron chi connectivity index (χ2n) is 3.41. The summed E-state index contributed by atoms with van der Waals surface area (Å²) < 4.78 is 5.24. The smallest absolute Gasteiger partial charge is 0.251 e. The third-order valence-electron chi connectivity index (χ3n) is 2.11. The molecule has 0 bridgehead atoms. The molecule has 0 aliphatic heterocycles. The van der Waals surface area contributed by atoms with Gasteiger partial charge < -0.3 is 9.73 Å². The third-order valence-corrected chi connectivity index (χ3v) is 2.11. The lowest BCUT2D eigenvalue weighted by molar-refractivity contribution is 0.0947. The van der Waals surface area contributed by atoms with Crippen LogP contribution in [0.3, 0.4) is 0 Å². The van der Waals surface area contributed by atoms with Gasteiger partial charge in [-0.15, -0.1) is 0 Å². The van der Waals surface area contributed by atoms with Gasteiger partial charge in [-0.1, -0.05) is 18.2 Å². The lowest BCUT2D eigenvalue weighted by atomic mass is 10.2. The number of nitrogens with one attached hydrogen (secondary N) is 1. The number of benzene rings is 1. The van der Waals surface area contributed by atoms with Crippen molar-refractivity contribution in [2.24, 2.45) is 0 Å². The van der Waals surface area contributed by atoms with E-state index in [1.165, 1.54) is 0 Å². The van der Waals surface area contributed by atoms with E-state index < -0.39 is 0 Å². The first-order valence-electron chi connectivity index (χ1n) is 5.00. The summed E-state index contributed by atoms with van der Waals surface area (Å²) in [7, 11) is 0. The Labute approximate surface area is 93.3 Å². The molecular weight excluding hydrogens is 204 g/mol. The Hall–Kier alpha value is -2.10. The molecule has 16 heavy (non-hydrogen) atoms. The normalized spacial score (nSPS) is 10.1. The predicted octanol–water partition coefficient (Wildman–Crippen LogP) is 1.91. The summed E-state index contributed by atoms with van der Waals surface area (Å²) in [6, 6.07) is 9.04. The van der Waals surface area contributed by atoms with Gasteiger partial charge in [0.2, 0.25) is 5.89 Å². The molecule has 2 aromatic rings. The largest absolute Gasteiger partial charge is 0.444 e. The van der Waals surface area contributed by atoms with E-state index in [0.717, 1.165) is 5.76 Å². The van der Waals surface area contributed by atoms with Gasteiger partial charge in [-0.25, -0.2) is 4.98 Å². The van der Waals surface area contributed by atoms with Crippen LogP contribution < -0.4 is 5.32 Å². The Morgan fingerprint density at radius 3 is 2.75 bits per heavy atom. The molecule has 0 unspecified atom stereocenters. The highest BCUT2D eigenvalue weighted by Gasteiger charge is 2.06. The molecule has 0 aliphatic carbocycles. The van der Waals surface area contributed by atoms with E-state index >= 15 is 0 Å². The van der Waals surface area contributed by atoms with E-state index in [2.05, 4.69) is 10.3 Å². The van der Waals surface area contributed by atoms with Crippen molar-refractivity contribution in [1.29, 1.82) is 0 Å². The van der Waals surface area contributed by atoms with Crippen molar-refractivity contribution in [3.8, 4) is 0 Å². The van der Waals surface area contributed by atoms with Crippen molar-refractivity contribution < 1.29 is 9.21 Å². The SMILES string of the molecule is Cc1cnc(CNC(=O)c2ccccc2)o1. The summed E-state index contributed by atoms with van der Waals surface area (Å²) in [5.41, 5.74) is 0.630. The van der Waals surface area contributed by atoms with Crippen LogP contribution in [0.1, 0.15) is 22.0 Å². The van der Waals surface area contributed by atoms with Gasteiger partial charge in [-0.3, -0.25) is 4.79 Å². The molecule has 1 heterocycles. The van der Waals surface area contributed by atoms with Crippen LogP contribution in [0.2, 0.25) is 0 Å². The summed E-state index contributed by atoms with van der Waals surface area (Å²) in [5.74, 6) is 1.13. The highest BCUT2D eigenvalue weighted by atomic mass is 16.4. The first-order chi connectivity index (χ1) is 7.75. The zero-order valence-corrected chi connectivity index (χ0v) is 8.93. The van der Waals surface area contributed by atoms with Crippen molar-refractivity contribution in [3.05, 3.63) is 53.7 Å². The number of carbonyl (C=O) groups excluding carboxylic acids is 1. The number of aromatic nitrogens is 1. The van der Waals surface area contributed by atoms with Crippen LogP contribution >= 0.6 is 0 Å². The monoisotopic (exact) mass is 216 g/mol. The van der Waals surface area contributed by atoms with E-state index in [1.807, 2.05) is 25.1 Å². The second kappa shape index (κ2) is 4.61. The quantitative estimate of drug-likeness (QED) is 0.852. The van der Waals surface area contributed by atoms with E-state index in [0.29, 0.717) is 18.0 Å². The molecule has 0 fully saturated rings. The number of amides is 1. The Morgan fingerprint density at radius 2 is 2.12 bits per heavy atom. The minimum absolute atomic E-state index is 0.128. The van der Waals surface area contributed by atoms with Crippen LogP contribution in [0.25, 0.3) is 0 Å². The van der Waals surface area contributed by atoms with Crippen LogP contribution in [0.4, 0.5) is 0 Å². The van der Waals surface area contributed by atoms with Gasteiger partial charge >= 0.3 is 0 Å². The van der Waals surface area contributed by atoms with Crippen molar-refractivity contribution in [1.82, 2.24) is 10.3 Å². The van der Waals surface area contributed by atoms with Gasteiger partial charge in [0.15, 0.2) is 0 Å². The summed E-state index contributed by atoms with van der Waals surface area (Å²) in [5, 5.41) is 2.73. The van der Waals surface area contributed by atoms with E-state index in [4.69, 9.17) is 4.42 Å². The fourth-order valence-corrected chi connectivity index (χ4v) is 1.33. The maximum atomic E-state index is 11.6. The molecule has 1 N–H and O–H groups in total. The van der Waals surface area contributed by atoms with Gasteiger partial charge in [0.25, 0.3) is 5.91 Å². The Bertz CT molecular complexity index is 477. The molecule has 1 aromatic heterocycles. The standard InChI is InChI=1S/C12H12N2O2/c1-9-7-13-11(16-9)8-14-12(15)10-5-3-2-4-6-10/h2-7H,8H2,1H3,(H,14,15). The third kappa shape index (κ3) is 2.48. The minimum atomic E-state index is -0.128. The van der Waals surface area contributed by atoms with Crippen LogP contribution in [0.5, 0.6) is 0 Å². The number of carbonyl (C=O) groups is 1. The van der Waals surface area contributed by atoms with Gasteiger partial charge in [0.1, 0.15) is 5.76 Å². The molecule has 0 saturated carbocycles. The number of hydrogen-bond acceptors (Lipinski definition) is 3. The molecule has 0 spiro atoms. The maximum absolute atomic E-state index is 11.6. The zero-order valence-electron chi connectivity index (χ0n) is 8.93. The summed E-state index contributed by atoms with van der Waals surface area (Å²) in [6.07, 6.45) is 1.63. The number of aryl methyl sites for hydroxylation is 1. The minimum Gasteiger partial charge on any atom is -0.444 e. The van der Waals surface area contributed by atoms with Crippen molar-refractivity contribution >= 4 is 5.91 Å². The average molecular weight is 216 g/mol. The van der Waals surface area contributed by atoms with Crippen LogP contribution in [0.15, 0.2) is 40.9 Å². The fourth-order valence-electron chi connectivity index (χ4n) is 1.33. The molecule has 1 aromatic carbocycles. The lowest BCUT2D eigenvalue weighted by Gasteiger charge is -2.01. The van der Waals surface area contributed by atoms with E-state index in [-0.39, 0.29) is 5.91 Å². The average Bonchev–Trinajstić information content (AvgIpc) is 2.73. The van der Waals surface area contributed by atoms with Crippen molar-refractivity contribution in [2.75, 3.05) is 0 Å². The molecule has 1 amide bonds. The number of nitrogens with zero attached hydrogens (tertiary/aromatic N) is 1. The van der Waals surface area contributed by atoms with Gasteiger partial charge in [-0.2, -0.15) is 0 Å². The molecule has 82 valence electrons. The van der Waals surface area contributed by atoms with Crippen LogP contribution in [-0.4, -0.2) is 10.9 Å². The zero-order chi connectivity index (χ0) is 11.4. The van der Waals surface area contributed by atoms with Crippen LogP contribution in [-0.2, 0) is 6.54 Å². The molecule has 0 saturated heterocycles. The Balaban J connectivity index is 1.94. The fraction of sp³-hybridized carbons (Fsp3) is 0.167. The molecule has 0 aliphatic rings. The molecule has 2 rings (SSSR count). The van der Waals surface area contributed by atoms with E-state index in [9.17, 15) is 4.79 Å². The van der Waals surface area contributed by atoms with Crippen molar-refractivity contribution in [3.63, 3.8) is 0 Å². The number of rotatable bonds is 3. The van der Waals surface area contributed by atoms with E-state index in [1.54, 1.807) is 18.3 Å². The molecule has 0 atom stereocenters. The molecule has 4 nitrogen and oxygen atoms in total. The Kier molecular flexibility index (Phi) is 3.00. The highest BCUT2D eigenvalue weighted by molar-refractivity contribution is 5.93.